The van der Waals surface area contributed by atoms with Crippen LogP contribution in [-0.2, 0) is 4.79 Å². The summed E-state index contributed by atoms with van der Waals surface area (Å²) in [6.07, 6.45) is 1.56. The molecule has 0 heterocycles. The van der Waals surface area contributed by atoms with Crippen molar-refractivity contribution in [2.75, 3.05) is 7.11 Å². The first-order valence-electron chi connectivity index (χ1n) is 3.39. The SMILES string of the molecule is COc1ccc([N+](=O)[O-])cc1[C]=O. The van der Waals surface area contributed by atoms with Crippen LogP contribution < -0.4 is 4.74 Å². The summed E-state index contributed by atoms with van der Waals surface area (Å²) >= 11 is 0. The van der Waals surface area contributed by atoms with Crippen LogP contribution in [0.1, 0.15) is 5.56 Å². The Labute approximate surface area is 74.1 Å². The van der Waals surface area contributed by atoms with Gasteiger partial charge in [-0.2, -0.15) is 0 Å². The van der Waals surface area contributed by atoms with Crippen molar-refractivity contribution in [3.8, 4) is 5.75 Å². The van der Waals surface area contributed by atoms with E-state index in [-0.39, 0.29) is 17.0 Å². The Morgan fingerprint density at radius 3 is 2.69 bits per heavy atom. The molecule has 0 fully saturated rings. The molecule has 1 aromatic rings. The van der Waals surface area contributed by atoms with Crippen LogP contribution in [0.3, 0.4) is 0 Å². The van der Waals surface area contributed by atoms with Gasteiger partial charge in [-0.05, 0) is 6.07 Å². The molecule has 1 rings (SSSR count). The van der Waals surface area contributed by atoms with E-state index in [0.717, 1.165) is 6.07 Å². The molecule has 1 radical (unpaired) electrons. The van der Waals surface area contributed by atoms with E-state index >= 15 is 0 Å². The first-order chi connectivity index (χ1) is 6.19. The predicted molar refractivity (Wildman–Crippen MR) is 44.4 cm³/mol. The summed E-state index contributed by atoms with van der Waals surface area (Å²) in [6.45, 7) is 0. The standard InChI is InChI=1S/C8H6NO4/c1-13-8-3-2-7(9(11)12)4-6(8)5-10/h2-4H,1H3. The fraction of sp³-hybridized carbons (Fsp3) is 0.125. The third kappa shape index (κ3) is 1.81. The van der Waals surface area contributed by atoms with Gasteiger partial charge in [-0.25, -0.2) is 0 Å². The van der Waals surface area contributed by atoms with Gasteiger partial charge in [0.05, 0.1) is 17.6 Å². The van der Waals surface area contributed by atoms with Crippen LogP contribution in [-0.4, -0.2) is 18.3 Å². The molecule has 13 heavy (non-hydrogen) atoms. The van der Waals surface area contributed by atoms with E-state index < -0.39 is 4.92 Å². The van der Waals surface area contributed by atoms with Crippen LogP contribution in [0.2, 0.25) is 0 Å². The first kappa shape index (κ1) is 9.18. The summed E-state index contributed by atoms with van der Waals surface area (Å²) in [7, 11) is 1.38. The Morgan fingerprint density at radius 1 is 1.54 bits per heavy atom. The zero-order chi connectivity index (χ0) is 9.84. The fourth-order valence-corrected chi connectivity index (χ4v) is 0.889. The Kier molecular flexibility index (Phi) is 2.59. The zero-order valence-electron chi connectivity index (χ0n) is 6.81. The number of ether oxygens (including phenoxy) is 1. The summed E-state index contributed by atoms with van der Waals surface area (Å²) < 4.78 is 4.79. The topological polar surface area (TPSA) is 69.4 Å². The van der Waals surface area contributed by atoms with Gasteiger partial charge in [0, 0.05) is 12.1 Å². The van der Waals surface area contributed by atoms with E-state index in [9.17, 15) is 14.9 Å². The molecule has 0 spiro atoms. The van der Waals surface area contributed by atoms with Gasteiger partial charge in [-0.15, -0.1) is 0 Å². The molecule has 0 aliphatic rings. The summed E-state index contributed by atoms with van der Waals surface area (Å²) in [4.78, 5) is 20.1. The minimum absolute atomic E-state index is 0.0525. The van der Waals surface area contributed by atoms with Crippen molar-refractivity contribution < 1.29 is 14.5 Å². The van der Waals surface area contributed by atoms with Crippen molar-refractivity contribution in [1.29, 1.82) is 0 Å². The molecule has 5 nitrogen and oxygen atoms in total. The van der Waals surface area contributed by atoms with E-state index in [1.807, 2.05) is 0 Å². The number of hydrogen-bond donors (Lipinski definition) is 0. The third-order valence-electron chi connectivity index (χ3n) is 1.50. The number of nitro groups is 1. The summed E-state index contributed by atoms with van der Waals surface area (Å²) in [6, 6.07) is 3.74. The van der Waals surface area contributed by atoms with Crippen molar-refractivity contribution in [1.82, 2.24) is 0 Å². The highest BCUT2D eigenvalue weighted by atomic mass is 16.6. The number of benzene rings is 1. The highest BCUT2D eigenvalue weighted by Crippen LogP contribution is 2.21. The number of hydrogen-bond acceptors (Lipinski definition) is 4. The number of nitrogens with zero attached hydrogens (tertiary/aromatic N) is 1. The quantitative estimate of drug-likeness (QED) is 0.515. The molecule has 1 aromatic carbocycles. The highest BCUT2D eigenvalue weighted by molar-refractivity contribution is 5.81. The highest BCUT2D eigenvalue weighted by Gasteiger charge is 2.10. The van der Waals surface area contributed by atoms with Crippen molar-refractivity contribution in [2.45, 2.75) is 0 Å². The Balaban J connectivity index is 3.20. The van der Waals surface area contributed by atoms with Crippen LogP contribution in [0.25, 0.3) is 0 Å². The molecule has 0 atom stereocenters. The van der Waals surface area contributed by atoms with Gasteiger partial charge >= 0.3 is 0 Å². The molecular formula is C8H6NO4. The molecule has 0 unspecified atom stereocenters. The Bertz CT molecular complexity index is 348. The minimum atomic E-state index is -0.583. The van der Waals surface area contributed by atoms with Crippen molar-refractivity contribution in [2.24, 2.45) is 0 Å². The third-order valence-corrected chi connectivity index (χ3v) is 1.50. The Morgan fingerprint density at radius 2 is 2.23 bits per heavy atom. The predicted octanol–water partition coefficient (Wildman–Crippen LogP) is 1.06. The second-order valence-corrected chi connectivity index (χ2v) is 2.24. The lowest BCUT2D eigenvalue weighted by Gasteiger charge is -2.00. The second-order valence-electron chi connectivity index (χ2n) is 2.24. The van der Waals surface area contributed by atoms with Gasteiger partial charge in [0.1, 0.15) is 5.75 Å². The average Bonchev–Trinajstić information content (AvgIpc) is 2.16. The smallest absolute Gasteiger partial charge is 0.270 e. The summed E-state index contributed by atoms with van der Waals surface area (Å²) in [5, 5.41) is 10.3. The maximum atomic E-state index is 10.3. The molecule has 0 aliphatic heterocycles. The van der Waals surface area contributed by atoms with E-state index in [4.69, 9.17) is 4.74 Å². The van der Waals surface area contributed by atoms with Gasteiger partial charge in [0.25, 0.3) is 5.69 Å². The lowest BCUT2D eigenvalue weighted by atomic mass is 10.2. The number of carbonyl (C=O) groups excluding carboxylic acids is 1. The lowest BCUT2D eigenvalue weighted by molar-refractivity contribution is -0.384. The number of non-ortho nitro benzene ring substituents is 1. The van der Waals surface area contributed by atoms with E-state index in [1.54, 1.807) is 6.29 Å². The first-order valence-corrected chi connectivity index (χ1v) is 3.39. The van der Waals surface area contributed by atoms with Crippen LogP contribution in [0.5, 0.6) is 5.75 Å². The molecule has 0 aromatic heterocycles. The molecule has 0 aliphatic carbocycles. The van der Waals surface area contributed by atoms with Gasteiger partial charge in [0.15, 0.2) is 0 Å². The van der Waals surface area contributed by atoms with Crippen LogP contribution in [0.4, 0.5) is 5.69 Å². The fourth-order valence-electron chi connectivity index (χ4n) is 0.889. The Hall–Kier alpha value is -1.91. The number of rotatable bonds is 3. The molecule has 0 bridgehead atoms. The number of nitro benzene ring substituents is 1. The lowest BCUT2D eigenvalue weighted by Crippen LogP contribution is -1.93. The maximum absolute atomic E-state index is 10.3. The normalized spacial score (nSPS) is 9.31. The van der Waals surface area contributed by atoms with Gasteiger partial charge in [-0.1, -0.05) is 0 Å². The van der Waals surface area contributed by atoms with Crippen molar-refractivity contribution >= 4 is 12.0 Å². The average molecular weight is 180 g/mol. The summed E-state index contributed by atoms with van der Waals surface area (Å²) in [5.74, 6) is 0.278. The maximum Gasteiger partial charge on any atom is 0.270 e. The molecule has 0 amide bonds. The number of methoxy groups -OCH3 is 1. The van der Waals surface area contributed by atoms with Crippen molar-refractivity contribution in [3.63, 3.8) is 0 Å². The van der Waals surface area contributed by atoms with Gasteiger partial charge < -0.3 is 4.74 Å². The van der Waals surface area contributed by atoms with Crippen LogP contribution in [0, 0.1) is 10.1 Å². The van der Waals surface area contributed by atoms with Gasteiger partial charge in [-0.3, -0.25) is 14.9 Å². The second kappa shape index (κ2) is 3.66. The molecular weight excluding hydrogens is 174 g/mol. The van der Waals surface area contributed by atoms with Crippen molar-refractivity contribution in [3.05, 3.63) is 33.9 Å². The molecule has 0 saturated heterocycles. The largest absolute Gasteiger partial charge is 0.496 e. The van der Waals surface area contributed by atoms with E-state index in [2.05, 4.69) is 0 Å². The van der Waals surface area contributed by atoms with Crippen LogP contribution in [0.15, 0.2) is 18.2 Å². The summed E-state index contributed by atoms with van der Waals surface area (Å²) in [5.41, 5.74) is -0.101. The van der Waals surface area contributed by atoms with E-state index in [1.165, 1.54) is 19.2 Å². The molecule has 0 saturated carbocycles. The monoisotopic (exact) mass is 180 g/mol. The van der Waals surface area contributed by atoms with E-state index in [0.29, 0.717) is 0 Å². The van der Waals surface area contributed by atoms with Crippen LogP contribution >= 0.6 is 0 Å². The molecule has 67 valence electrons. The minimum Gasteiger partial charge on any atom is -0.496 e. The van der Waals surface area contributed by atoms with Gasteiger partial charge in [0.2, 0.25) is 6.29 Å². The molecule has 0 N–H and O–H groups in total. The zero-order valence-corrected chi connectivity index (χ0v) is 6.81. The molecule has 5 heteroatoms.